The molecule has 0 bridgehead atoms. The van der Waals surface area contributed by atoms with Crippen molar-refractivity contribution in [3.05, 3.63) is 28.2 Å². The first-order valence-electron chi connectivity index (χ1n) is 11.0. The molecule has 0 unspecified atom stereocenters. The van der Waals surface area contributed by atoms with Gasteiger partial charge in [-0.2, -0.15) is 4.31 Å². The zero-order valence-corrected chi connectivity index (χ0v) is 21.2. The molecule has 0 atom stereocenters. The molecule has 5 rings (SSSR count). The van der Waals surface area contributed by atoms with Crippen molar-refractivity contribution in [2.45, 2.75) is 6.54 Å². The van der Waals surface area contributed by atoms with Gasteiger partial charge in [-0.1, -0.05) is 11.6 Å². The minimum absolute atomic E-state index is 0.272. The van der Waals surface area contributed by atoms with Crippen molar-refractivity contribution >= 4 is 54.8 Å². The number of piperazine rings is 1. The molecule has 0 saturated carbocycles. The molecule has 0 amide bonds. The summed E-state index contributed by atoms with van der Waals surface area (Å²) in [4.78, 5) is 19.6. The second kappa shape index (κ2) is 9.51. The molecule has 2 aliphatic rings. The number of nitrogens with zero attached hydrogens (tertiary/aromatic N) is 6. The van der Waals surface area contributed by atoms with E-state index in [1.165, 1.54) is 10.6 Å². The predicted octanol–water partition coefficient (Wildman–Crippen LogP) is 1.90. The highest BCUT2D eigenvalue weighted by molar-refractivity contribution is 7.88. The van der Waals surface area contributed by atoms with Crippen LogP contribution in [-0.2, 0) is 21.3 Å². The van der Waals surface area contributed by atoms with Gasteiger partial charge in [0.05, 0.1) is 34.7 Å². The third-order valence-corrected chi connectivity index (χ3v) is 8.73. The average molecular weight is 524 g/mol. The van der Waals surface area contributed by atoms with Crippen LogP contribution in [0, 0.1) is 0 Å². The normalized spacial score (nSPS) is 18.6. The lowest BCUT2D eigenvalue weighted by molar-refractivity contribution is 0.122. The third kappa shape index (κ3) is 4.97. The first-order chi connectivity index (χ1) is 16.3. The van der Waals surface area contributed by atoms with Crippen LogP contribution >= 0.6 is 22.9 Å². The number of hydrogen-bond acceptors (Lipinski definition) is 10. The number of rotatable bonds is 5. The van der Waals surface area contributed by atoms with E-state index < -0.39 is 10.0 Å². The molecule has 0 aliphatic carbocycles. The summed E-state index contributed by atoms with van der Waals surface area (Å²) in [6.07, 6.45) is 2.90. The number of hydrogen-bond donors (Lipinski definition) is 1. The quantitative estimate of drug-likeness (QED) is 0.535. The van der Waals surface area contributed by atoms with Crippen molar-refractivity contribution in [3.8, 4) is 11.4 Å². The minimum atomic E-state index is -3.14. The highest BCUT2D eigenvalue weighted by atomic mass is 35.5. The van der Waals surface area contributed by atoms with E-state index >= 15 is 0 Å². The van der Waals surface area contributed by atoms with Gasteiger partial charge in [-0.05, 0) is 12.1 Å². The molecule has 5 heterocycles. The Morgan fingerprint density at radius 3 is 2.53 bits per heavy atom. The highest BCUT2D eigenvalue weighted by Crippen LogP contribution is 2.35. The average Bonchev–Trinajstić information content (AvgIpc) is 3.23. The summed E-state index contributed by atoms with van der Waals surface area (Å²) in [5.74, 6) is 1.71. The third-order valence-electron chi connectivity index (χ3n) is 6.02. The largest absolute Gasteiger partial charge is 0.382 e. The number of morpholine rings is 1. The van der Waals surface area contributed by atoms with Crippen LogP contribution in [0.4, 0.5) is 11.6 Å². The summed E-state index contributed by atoms with van der Waals surface area (Å²) in [6, 6.07) is 3.84. The maximum absolute atomic E-state index is 11.8. The topological polar surface area (TPSA) is 118 Å². The van der Waals surface area contributed by atoms with Gasteiger partial charge in [0.2, 0.25) is 10.0 Å². The van der Waals surface area contributed by atoms with Crippen LogP contribution in [0.5, 0.6) is 0 Å². The summed E-state index contributed by atoms with van der Waals surface area (Å²) in [5, 5.41) is 0.369. The first kappa shape index (κ1) is 23.6. The van der Waals surface area contributed by atoms with E-state index in [1.54, 1.807) is 23.6 Å². The Balaban J connectivity index is 1.46. The van der Waals surface area contributed by atoms with Crippen LogP contribution in [0.25, 0.3) is 21.6 Å². The summed E-state index contributed by atoms with van der Waals surface area (Å²) in [7, 11) is -3.14. The lowest BCUT2D eigenvalue weighted by atomic mass is 10.2. The van der Waals surface area contributed by atoms with Gasteiger partial charge in [0.25, 0.3) is 0 Å². The van der Waals surface area contributed by atoms with Crippen LogP contribution in [0.2, 0.25) is 5.02 Å². The van der Waals surface area contributed by atoms with E-state index in [4.69, 9.17) is 32.0 Å². The monoisotopic (exact) mass is 523 g/mol. The fourth-order valence-corrected chi connectivity index (χ4v) is 6.32. The minimum Gasteiger partial charge on any atom is -0.382 e. The number of halogens is 1. The van der Waals surface area contributed by atoms with Gasteiger partial charge in [0, 0.05) is 62.5 Å². The lowest BCUT2D eigenvalue weighted by Crippen LogP contribution is -2.47. The van der Waals surface area contributed by atoms with Crippen molar-refractivity contribution < 1.29 is 13.2 Å². The molecule has 2 fully saturated rings. The Bertz CT molecular complexity index is 1300. The highest BCUT2D eigenvalue weighted by Gasteiger charge is 2.25. The van der Waals surface area contributed by atoms with Crippen molar-refractivity contribution in [2.24, 2.45) is 0 Å². The number of nitrogens with two attached hydrogens (primary N) is 1. The van der Waals surface area contributed by atoms with Crippen LogP contribution in [0.15, 0.2) is 18.3 Å². The second-order valence-electron chi connectivity index (χ2n) is 8.43. The van der Waals surface area contributed by atoms with Gasteiger partial charge in [-0.15, -0.1) is 11.3 Å². The number of aromatic nitrogens is 3. The number of pyridine rings is 1. The van der Waals surface area contributed by atoms with E-state index in [9.17, 15) is 8.42 Å². The summed E-state index contributed by atoms with van der Waals surface area (Å²) in [5.41, 5.74) is 7.36. The second-order valence-corrected chi connectivity index (χ2v) is 12.0. The van der Waals surface area contributed by atoms with E-state index in [0.29, 0.717) is 55.8 Å². The number of sulfonamides is 1. The number of anilines is 2. The van der Waals surface area contributed by atoms with Crippen LogP contribution < -0.4 is 10.6 Å². The predicted molar refractivity (Wildman–Crippen MR) is 135 cm³/mol. The molecular weight excluding hydrogens is 498 g/mol. The van der Waals surface area contributed by atoms with Crippen molar-refractivity contribution in [1.82, 2.24) is 24.2 Å². The van der Waals surface area contributed by atoms with E-state index in [0.717, 1.165) is 40.5 Å². The van der Waals surface area contributed by atoms with E-state index in [2.05, 4.69) is 20.9 Å². The molecule has 3 aromatic rings. The molecule has 13 heteroatoms. The van der Waals surface area contributed by atoms with E-state index in [1.807, 2.05) is 0 Å². The molecule has 0 aromatic carbocycles. The fraction of sp³-hybridized carbons (Fsp3) is 0.476. The number of ether oxygens (including phenoxy) is 1. The van der Waals surface area contributed by atoms with Gasteiger partial charge in [0.15, 0.2) is 11.6 Å². The Kier molecular flexibility index (Phi) is 6.62. The lowest BCUT2D eigenvalue weighted by Gasteiger charge is -2.32. The van der Waals surface area contributed by atoms with Gasteiger partial charge < -0.3 is 15.4 Å². The Hall–Kier alpha value is -2.09. The standard InChI is InChI=1S/C21H26ClN7O3S2/c1-34(30,31)29-4-2-27(3-5-29)13-15-11-17-18(33-15)21(28-6-8-32-9-7-28)26-20(25-17)14-10-16(22)19(23)24-12-14/h10-12H,2-9,13H2,1H3,(H2,23,24). The number of nitrogen functional groups attached to an aromatic ring is 1. The number of thiophene rings is 1. The van der Waals surface area contributed by atoms with Crippen molar-refractivity contribution in [1.29, 1.82) is 0 Å². The maximum atomic E-state index is 11.8. The zero-order valence-electron chi connectivity index (χ0n) is 18.8. The Labute approximate surface area is 207 Å². The first-order valence-corrected chi connectivity index (χ1v) is 14.0. The molecule has 34 heavy (non-hydrogen) atoms. The van der Waals surface area contributed by atoms with Crippen LogP contribution in [-0.4, -0.2) is 91.3 Å². The molecule has 0 spiro atoms. The molecule has 2 N–H and O–H groups in total. The maximum Gasteiger partial charge on any atom is 0.211 e. The Morgan fingerprint density at radius 1 is 1.12 bits per heavy atom. The summed E-state index contributed by atoms with van der Waals surface area (Å²) < 4.78 is 31.7. The molecular formula is C21H26ClN7O3S2. The van der Waals surface area contributed by atoms with Gasteiger partial charge in [-0.25, -0.2) is 23.4 Å². The molecule has 182 valence electrons. The van der Waals surface area contributed by atoms with Gasteiger partial charge in [-0.3, -0.25) is 4.90 Å². The van der Waals surface area contributed by atoms with Crippen molar-refractivity contribution in [2.75, 3.05) is 69.4 Å². The smallest absolute Gasteiger partial charge is 0.211 e. The number of fused-ring (bicyclic) bond motifs is 1. The van der Waals surface area contributed by atoms with Gasteiger partial charge >= 0.3 is 0 Å². The summed E-state index contributed by atoms with van der Waals surface area (Å²) >= 11 is 7.89. The summed E-state index contributed by atoms with van der Waals surface area (Å²) in [6.45, 7) is 5.98. The SMILES string of the molecule is CS(=O)(=O)N1CCN(Cc2cc3nc(-c4cnc(N)c(Cl)c4)nc(N4CCOCC4)c3s2)CC1. The molecule has 10 nitrogen and oxygen atoms in total. The van der Waals surface area contributed by atoms with E-state index in [-0.39, 0.29) is 5.82 Å². The van der Waals surface area contributed by atoms with Crippen LogP contribution in [0.1, 0.15) is 4.88 Å². The van der Waals surface area contributed by atoms with Crippen LogP contribution in [0.3, 0.4) is 0 Å². The van der Waals surface area contributed by atoms with Crippen molar-refractivity contribution in [3.63, 3.8) is 0 Å². The molecule has 2 saturated heterocycles. The molecule has 3 aromatic heterocycles. The molecule has 0 radical (unpaired) electrons. The van der Waals surface area contributed by atoms with Gasteiger partial charge in [0.1, 0.15) is 5.82 Å². The fourth-order valence-electron chi connectivity index (χ4n) is 4.17. The Morgan fingerprint density at radius 2 is 1.85 bits per heavy atom. The zero-order chi connectivity index (χ0) is 23.9. The molecule has 2 aliphatic heterocycles.